The van der Waals surface area contributed by atoms with Crippen LogP contribution in [0.25, 0.3) is 5.76 Å². The molecule has 1 heterocycles. The van der Waals surface area contributed by atoms with E-state index in [2.05, 4.69) is 5.10 Å². The number of hydrogen-bond donors (Lipinski definition) is 1. The van der Waals surface area contributed by atoms with Crippen molar-refractivity contribution in [1.82, 2.24) is 9.78 Å². The number of carbonyl (C=O) groups excluding carboxylic acids is 1. The number of nitrogens with zero attached hydrogens (tertiary/aromatic N) is 2. The SMILES string of the molecule is Cc1nn(C)cc1/C(O)=C/C(=O)C(F)(F)F. The predicted molar refractivity (Wildman–Crippen MR) is 49.6 cm³/mol. The Hall–Kier alpha value is -1.79. The summed E-state index contributed by atoms with van der Waals surface area (Å²) in [5, 5.41) is 13.2. The molecule has 4 nitrogen and oxygen atoms in total. The third kappa shape index (κ3) is 2.62. The molecule has 0 atom stereocenters. The van der Waals surface area contributed by atoms with E-state index >= 15 is 0 Å². The first-order chi connectivity index (χ1) is 7.21. The third-order valence-electron chi connectivity index (χ3n) is 1.84. The van der Waals surface area contributed by atoms with Crippen molar-refractivity contribution in [2.45, 2.75) is 13.1 Å². The highest BCUT2D eigenvalue weighted by molar-refractivity contribution is 5.99. The second-order valence-corrected chi connectivity index (χ2v) is 3.19. The molecule has 0 amide bonds. The van der Waals surface area contributed by atoms with Crippen LogP contribution in [0.15, 0.2) is 12.3 Å². The van der Waals surface area contributed by atoms with Crippen molar-refractivity contribution in [3.05, 3.63) is 23.5 Å². The Bertz CT molecular complexity index is 446. The van der Waals surface area contributed by atoms with Gasteiger partial charge in [-0.15, -0.1) is 0 Å². The van der Waals surface area contributed by atoms with Gasteiger partial charge in [0.05, 0.1) is 11.3 Å². The molecule has 88 valence electrons. The molecule has 0 aromatic carbocycles. The van der Waals surface area contributed by atoms with E-state index in [9.17, 15) is 23.1 Å². The van der Waals surface area contributed by atoms with Gasteiger partial charge >= 0.3 is 6.18 Å². The molecule has 0 saturated carbocycles. The topological polar surface area (TPSA) is 55.1 Å². The molecule has 0 fully saturated rings. The first-order valence-corrected chi connectivity index (χ1v) is 4.24. The molecule has 0 aliphatic heterocycles. The number of aliphatic hydroxyl groups excluding tert-OH is 1. The first-order valence-electron chi connectivity index (χ1n) is 4.24. The van der Waals surface area contributed by atoms with Crippen molar-refractivity contribution in [3.63, 3.8) is 0 Å². The summed E-state index contributed by atoms with van der Waals surface area (Å²) < 4.78 is 37.0. The Balaban J connectivity index is 3.03. The summed E-state index contributed by atoms with van der Waals surface area (Å²) in [6, 6.07) is 0. The summed E-state index contributed by atoms with van der Waals surface area (Å²) in [6.07, 6.45) is -3.51. The van der Waals surface area contributed by atoms with Gasteiger partial charge in [0.25, 0.3) is 5.78 Å². The van der Waals surface area contributed by atoms with Crippen LogP contribution in [-0.2, 0) is 11.8 Å². The van der Waals surface area contributed by atoms with E-state index in [1.165, 1.54) is 17.8 Å². The second-order valence-electron chi connectivity index (χ2n) is 3.19. The van der Waals surface area contributed by atoms with Gasteiger partial charge in [0.2, 0.25) is 0 Å². The molecule has 0 aliphatic carbocycles. The van der Waals surface area contributed by atoms with Gasteiger partial charge in [0.1, 0.15) is 5.76 Å². The van der Waals surface area contributed by atoms with Crippen LogP contribution >= 0.6 is 0 Å². The van der Waals surface area contributed by atoms with Crippen LogP contribution in [0.1, 0.15) is 11.3 Å². The Morgan fingerprint density at radius 3 is 2.50 bits per heavy atom. The number of alkyl halides is 3. The molecule has 1 aromatic heterocycles. The molecule has 0 spiro atoms. The summed E-state index contributed by atoms with van der Waals surface area (Å²) >= 11 is 0. The molecular weight excluding hydrogens is 225 g/mol. The lowest BCUT2D eigenvalue weighted by Gasteiger charge is -2.01. The summed E-state index contributed by atoms with van der Waals surface area (Å²) in [5.41, 5.74) is 0.436. The van der Waals surface area contributed by atoms with E-state index < -0.39 is 17.7 Å². The third-order valence-corrected chi connectivity index (χ3v) is 1.84. The fourth-order valence-electron chi connectivity index (χ4n) is 1.13. The van der Waals surface area contributed by atoms with Gasteiger partial charge in [-0.2, -0.15) is 18.3 Å². The molecule has 7 heteroatoms. The Morgan fingerprint density at radius 1 is 1.56 bits per heavy atom. The molecule has 0 unspecified atom stereocenters. The number of hydrogen-bond acceptors (Lipinski definition) is 3. The van der Waals surface area contributed by atoms with E-state index in [0.29, 0.717) is 5.69 Å². The van der Waals surface area contributed by atoms with Gasteiger partial charge in [0, 0.05) is 19.3 Å². The summed E-state index contributed by atoms with van der Waals surface area (Å²) in [5.74, 6) is -2.85. The largest absolute Gasteiger partial charge is 0.507 e. The molecule has 0 radical (unpaired) electrons. The minimum atomic E-state index is -4.98. The van der Waals surface area contributed by atoms with Crippen LogP contribution in [0.4, 0.5) is 13.2 Å². The molecule has 1 N–H and O–H groups in total. The zero-order chi connectivity index (χ0) is 12.5. The fourth-order valence-corrected chi connectivity index (χ4v) is 1.13. The number of allylic oxidation sites excluding steroid dienone is 1. The minimum absolute atomic E-state index is 0.0973. The number of aryl methyl sites for hydroxylation is 2. The maximum atomic E-state index is 11.9. The van der Waals surface area contributed by atoms with Crippen molar-refractivity contribution < 1.29 is 23.1 Å². The van der Waals surface area contributed by atoms with E-state index in [0.717, 1.165) is 0 Å². The Labute approximate surface area is 89.0 Å². The van der Waals surface area contributed by atoms with Gasteiger partial charge in [-0.05, 0) is 6.92 Å². The van der Waals surface area contributed by atoms with Crippen molar-refractivity contribution in [3.8, 4) is 0 Å². The average molecular weight is 234 g/mol. The van der Waals surface area contributed by atoms with Crippen molar-refractivity contribution in [1.29, 1.82) is 0 Å². The van der Waals surface area contributed by atoms with Crippen LogP contribution in [0.3, 0.4) is 0 Å². The number of carbonyl (C=O) groups is 1. The molecular formula is C9H9F3N2O2. The number of rotatable bonds is 2. The van der Waals surface area contributed by atoms with Crippen molar-refractivity contribution >= 4 is 11.5 Å². The van der Waals surface area contributed by atoms with Crippen LogP contribution in [0.2, 0.25) is 0 Å². The lowest BCUT2D eigenvalue weighted by Crippen LogP contribution is -2.20. The number of aliphatic hydroxyl groups is 1. The standard InChI is InChI=1S/C9H9F3N2O2/c1-5-6(4-14(2)13-5)7(15)3-8(16)9(10,11)12/h3-4,15H,1-2H3/b7-3-. The van der Waals surface area contributed by atoms with Crippen LogP contribution in [-0.4, -0.2) is 26.8 Å². The van der Waals surface area contributed by atoms with Gasteiger partial charge in [-0.3, -0.25) is 9.48 Å². The maximum absolute atomic E-state index is 11.9. The Morgan fingerprint density at radius 2 is 2.12 bits per heavy atom. The van der Waals surface area contributed by atoms with Crippen LogP contribution in [0, 0.1) is 6.92 Å². The van der Waals surface area contributed by atoms with E-state index in [4.69, 9.17) is 0 Å². The van der Waals surface area contributed by atoms with Crippen molar-refractivity contribution in [2.24, 2.45) is 7.05 Å². The lowest BCUT2D eigenvalue weighted by molar-refractivity contribution is -0.165. The van der Waals surface area contributed by atoms with Gasteiger partial charge in [0.15, 0.2) is 0 Å². The maximum Gasteiger partial charge on any atom is 0.454 e. The summed E-state index contributed by atoms with van der Waals surface area (Å²) in [7, 11) is 1.55. The lowest BCUT2D eigenvalue weighted by atomic mass is 10.2. The van der Waals surface area contributed by atoms with E-state index in [-0.39, 0.29) is 11.6 Å². The highest BCUT2D eigenvalue weighted by atomic mass is 19.4. The molecule has 0 saturated heterocycles. The molecule has 16 heavy (non-hydrogen) atoms. The molecule has 1 aromatic rings. The highest BCUT2D eigenvalue weighted by Crippen LogP contribution is 2.20. The number of ketones is 1. The van der Waals surface area contributed by atoms with Gasteiger partial charge < -0.3 is 5.11 Å². The smallest absolute Gasteiger partial charge is 0.454 e. The first kappa shape index (κ1) is 12.3. The van der Waals surface area contributed by atoms with E-state index in [1.54, 1.807) is 7.05 Å². The van der Waals surface area contributed by atoms with Crippen molar-refractivity contribution in [2.75, 3.05) is 0 Å². The molecule has 0 bridgehead atoms. The highest BCUT2D eigenvalue weighted by Gasteiger charge is 2.37. The average Bonchev–Trinajstić information content (AvgIpc) is 2.43. The summed E-state index contributed by atoms with van der Waals surface area (Å²) in [6.45, 7) is 1.51. The van der Waals surface area contributed by atoms with Crippen LogP contribution < -0.4 is 0 Å². The van der Waals surface area contributed by atoms with Crippen LogP contribution in [0.5, 0.6) is 0 Å². The fraction of sp³-hybridized carbons (Fsp3) is 0.333. The Kier molecular flexibility index (Phi) is 3.06. The molecule has 1 rings (SSSR count). The minimum Gasteiger partial charge on any atom is -0.507 e. The van der Waals surface area contributed by atoms with E-state index in [1.807, 2.05) is 0 Å². The zero-order valence-corrected chi connectivity index (χ0v) is 8.54. The predicted octanol–water partition coefficient (Wildman–Crippen LogP) is 1.76. The number of halogens is 3. The second kappa shape index (κ2) is 3.99. The summed E-state index contributed by atoms with van der Waals surface area (Å²) in [4.78, 5) is 10.6. The van der Waals surface area contributed by atoms with Gasteiger partial charge in [-0.1, -0.05) is 0 Å². The molecule has 0 aliphatic rings. The number of aromatic nitrogens is 2. The monoisotopic (exact) mass is 234 g/mol. The zero-order valence-electron chi connectivity index (χ0n) is 8.54. The quantitative estimate of drug-likeness (QED) is 0.626. The normalized spacial score (nSPS) is 12.9. The van der Waals surface area contributed by atoms with Gasteiger partial charge in [-0.25, -0.2) is 0 Å².